The number of hydrogen-bond acceptors (Lipinski definition) is 4. The van der Waals surface area contributed by atoms with E-state index in [1.165, 1.54) is 11.0 Å². The third kappa shape index (κ3) is 3.39. The fourth-order valence-corrected chi connectivity index (χ4v) is 2.87. The zero-order valence-corrected chi connectivity index (χ0v) is 12.7. The number of fused-ring (bicyclic) bond motifs is 1. The van der Waals surface area contributed by atoms with Crippen LogP contribution in [-0.4, -0.2) is 40.0 Å². The topological polar surface area (TPSA) is 75.8 Å². The fourth-order valence-electron chi connectivity index (χ4n) is 2.87. The molecule has 0 unspecified atom stereocenters. The molecule has 3 rings (SSSR count). The number of carbonyl (C=O) groups is 1. The van der Waals surface area contributed by atoms with E-state index in [1.54, 1.807) is 0 Å². The molecular weight excluding hydrogens is 329 g/mol. The van der Waals surface area contributed by atoms with Crippen LogP contribution in [-0.2, 0) is 0 Å². The Balaban J connectivity index is 1.84. The summed E-state index contributed by atoms with van der Waals surface area (Å²) in [7, 11) is 0. The summed E-state index contributed by atoms with van der Waals surface area (Å²) in [6, 6.07) is 3.57. The maximum absolute atomic E-state index is 12.3. The number of rotatable bonds is 2. The number of aromatic nitrogens is 1. The zero-order valence-electron chi connectivity index (χ0n) is 12.7. The average molecular weight is 344 g/mol. The predicted molar refractivity (Wildman–Crippen MR) is 76.9 cm³/mol. The van der Waals surface area contributed by atoms with Gasteiger partial charge in [-0.05, 0) is 31.9 Å². The van der Waals surface area contributed by atoms with Crippen molar-refractivity contribution in [3.8, 4) is 5.75 Å². The highest BCUT2D eigenvalue weighted by Crippen LogP contribution is 2.33. The average Bonchev–Trinajstić information content (AvgIpc) is 2.88. The SMILES string of the molecule is C[C@@H]1CC[C@@H](c2nc3cc(OC(F)(F)F)ccc3o2)CN1C(=O)O. The number of likely N-dealkylation sites (tertiary alicyclic amines) is 1. The molecule has 0 saturated carbocycles. The van der Waals surface area contributed by atoms with Crippen molar-refractivity contribution in [3.63, 3.8) is 0 Å². The van der Waals surface area contributed by atoms with Gasteiger partial charge in [-0.15, -0.1) is 13.2 Å². The van der Waals surface area contributed by atoms with Crippen LogP contribution in [0.25, 0.3) is 11.1 Å². The first-order valence-electron chi connectivity index (χ1n) is 7.39. The Hall–Kier alpha value is -2.45. The van der Waals surface area contributed by atoms with Crippen LogP contribution in [0.5, 0.6) is 5.75 Å². The summed E-state index contributed by atoms with van der Waals surface area (Å²) >= 11 is 0. The molecule has 2 heterocycles. The number of nitrogens with zero attached hydrogens (tertiary/aromatic N) is 2. The lowest BCUT2D eigenvalue weighted by molar-refractivity contribution is -0.274. The van der Waals surface area contributed by atoms with Crippen molar-refractivity contribution in [1.29, 1.82) is 0 Å². The minimum Gasteiger partial charge on any atom is -0.465 e. The maximum atomic E-state index is 12.3. The van der Waals surface area contributed by atoms with Gasteiger partial charge in [0.15, 0.2) is 11.5 Å². The standard InChI is InChI=1S/C15H15F3N2O4/c1-8-2-3-9(7-20(8)14(21)22)13-19-11-6-10(24-15(16,17)18)4-5-12(11)23-13/h4-6,8-9H,2-3,7H2,1H3,(H,21,22)/t8-,9-/m1/s1. The van der Waals surface area contributed by atoms with Gasteiger partial charge in [0, 0.05) is 18.7 Å². The van der Waals surface area contributed by atoms with Crippen LogP contribution in [0.3, 0.4) is 0 Å². The third-order valence-electron chi connectivity index (χ3n) is 4.09. The molecule has 1 aromatic heterocycles. The summed E-state index contributed by atoms with van der Waals surface area (Å²) in [6.45, 7) is 2.08. The number of amides is 1. The van der Waals surface area contributed by atoms with Gasteiger partial charge in [-0.3, -0.25) is 0 Å². The Morgan fingerprint density at radius 2 is 2.17 bits per heavy atom. The highest BCUT2D eigenvalue weighted by Gasteiger charge is 2.33. The van der Waals surface area contributed by atoms with E-state index < -0.39 is 12.5 Å². The summed E-state index contributed by atoms with van der Waals surface area (Å²) in [6.07, 6.45) is -4.42. The number of hydrogen-bond donors (Lipinski definition) is 1. The Morgan fingerprint density at radius 3 is 2.83 bits per heavy atom. The Morgan fingerprint density at radius 1 is 1.42 bits per heavy atom. The second-order valence-corrected chi connectivity index (χ2v) is 5.79. The summed E-state index contributed by atoms with van der Waals surface area (Å²) in [5.41, 5.74) is 0.576. The van der Waals surface area contributed by atoms with E-state index in [9.17, 15) is 23.1 Å². The molecule has 1 fully saturated rings. The summed E-state index contributed by atoms with van der Waals surface area (Å²) in [5, 5.41) is 9.21. The molecule has 1 N–H and O–H groups in total. The van der Waals surface area contributed by atoms with E-state index in [2.05, 4.69) is 9.72 Å². The number of piperidine rings is 1. The molecule has 1 aliphatic heterocycles. The first kappa shape index (κ1) is 16.4. The molecule has 130 valence electrons. The van der Waals surface area contributed by atoms with Crippen LogP contribution in [0, 0.1) is 0 Å². The van der Waals surface area contributed by atoms with E-state index in [0.29, 0.717) is 24.3 Å². The van der Waals surface area contributed by atoms with Crippen molar-refractivity contribution in [1.82, 2.24) is 9.88 Å². The zero-order chi connectivity index (χ0) is 17.5. The number of alkyl halides is 3. The molecule has 0 bridgehead atoms. The van der Waals surface area contributed by atoms with Crippen molar-refractivity contribution < 1.29 is 32.2 Å². The molecule has 1 aliphatic rings. The Kier molecular flexibility index (Phi) is 4.02. The first-order valence-corrected chi connectivity index (χ1v) is 7.39. The van der Waals surface area contributed by atoms with Crippen LogP contribution in [0.4, 0.5) is 18.0 Å². The van der Waals surface area contributed by atoms with E-state index >= 15 is 0 Å². The van der Waals surface area contributed by atoms with E-state index in [0.717, 1.165) is 12.1 Å². The summed E-state index contributed by atoms with van der Waals surface area (Å²) < 4.78 is 46.2. The lowest BCUT2D eigenvalue weighted by atomic mass is 9.94. The normalized spacial score (nSPS) is 21.9. The second-order valence-electron chi connectivity index (χ2n) is 5.79. The minimum absolute atomic E-state index is 0.0880. The quantitative estimate of drug-likeness (QED) is 0.892. The molecule has 0 spiro atoms. The molecule has 9 heteroatoms. The number of benzene rings is 1. The van der Waals surface area contributed by atoms with Gasteiger partial charge >= 0.3 is 12.5 Å². The molecule has 24 heavy (non-hydrogen) atoms. The van der Waals surface area contributed by atoms with Crippen molar-refractivity contribution in [2.45, 2.75) is 38.1 Å². The molecule has 0 aliphatic carbocycles. The minimum atomic E-state index is -4.78. The van der Waals surface area contributed by atoms with E-state index in [-0.39, 0.29) is 29.8 Å². The largest absolute Gasteiger partial charge is 0.573 e. The van der Waals surface area contributed by atoms with Crippen LogP contribution in [0.2, 0.25) is 0 Å². The van der Waals surface area contributed by atoms with Crippen molar-refractivity contribution in [2.75, 3.05) is 6.54 Å². The first-order chi connectivity index (χ1) is 11.2. The maximum Gasteiger partial charge on any atom is 0.573 e. The molecule has 2 aromatic rings. The highest BCUT2D eigenvalue weighted by atomic mass is 19.4. The molecule has 1 amide bonds. The van der Waals surface area contributed by atoms with E-state index in [1.807, 2.05) is 6.92 Å². The van der Waals surface area contributed by atoms with Crippen molar-refractivity contribution in [3.05, 3.63) is 24.1 Å². The lowest BCUT2D eigenvalue weighted by Gasteiger charge is -2.34. The monoisotopic (exact) mass is 344 g/mol. The summed E-state index contributed by atoms with van der Waals surface area (Å²) in [4.78, 5) is 16.8. The summed E-state index contributed by atoms with van der Waals surface area (Å²) in [5.74, 6) is -0.275. The molecule has 2 atom stereocenters. The van der Waals surface area contributed by atoms with Gasteiger partial charge in [-0.25, -0.2) is 9.78 Å². The number of carboxylic acid groups (broad SMARTS) is 1. The van der Waals surface area contributed by atoms with Gasteiger partial charge in [0.05, 0.1) is 5.92 Å². The number of halogens is 3. The van der Waals surface area contributed by atoms with Gasteiger partial charge in [0.2, 0.25) is 0 Å². The molecular formula is C15H15F3N2O4. The van der Waals surface area contributed by atoms with Crippen LogP contribution >= 0.6 is 0 Å². The Labute approximate surface area is 134 Å². The number of ether oxygens (including phenoxy) is 1. The molecule has 0 radical (unpaired) electrons. The second kappa shape index (κ2) is 5.88. The van der Waals surface area contributed by atoms with Crippen molar-refractivity contribution >= 4 is 17.2 Å². The fraction of sp³-hybridized carbons (Fsp3) is 0.467. The number of oxazole rings is 1. The van der Waals surface area contributed by atoms with Crippen molar-refractivity contribution in [2.24, 2.45) is 0 Å². The van der Waals surface area contributed by atoms with Crippen LogP contribution in [0.15, 0.2) is 22.6 Å². The van der Waals surface area contributed by atoms with Gasteiger partial charge in [-0.1, -0.05) is 0 Å². The smallest absolute Gasteiger partial charge is 0.465 e. The van der Waals surface area contributed by atoms with Gasteiger partial charge in [0.25, 0.3) is 0 Å². The third-order valence-corrected chi connectivity index (χ3v) is 4.09. The Bertz CT molecular complexity index is 759. The predicted octanol–water partition coefficient (Wildman–Crippen LogP) is 3.97. The molecule has 6 nitrogen and oxygen atoms in total. The van der Waals surface area contributed by atoms with Gasteiger partial charge < -0.3 is 19.2 Å². The van der Waals surface area contributed by atoms with Crippen LogP contribution < -0.4 is 4.74 Å². The van der Waals surface area contributed by atoms with E-state index in [4.69, 9.17) is 4.42 Å². The lowest BCUT2D eigenvalue weighted by Crippen LogP contribution is -2.44. The van der Waals surface area contributed by atoms with Gasteiger partial charge in [0.1, 0.15) is 11.3 Å². The highest BCUT2D eigenvalue weighted by molar-refractivity contribution is 5.74. The molecule has 1 saturated heterocycles. The van der Waals surface area contributed by atoms with Crippen LogP contribution in [0.1, 0.15) is 31.6 Å². The van der Waals surface area contributed by atoms with Gasteiger partial charge in [-0.2, -0.15) is 0 Å². The molecule has 1 aromatic carbocycles.